The van der Waals surface area contributed by atoms with Crippen LogP contribution in [0.3, 0.4) is 0 Å². The lowest BCUT2D eigenvalue weighted by Gasteiger charge is -2.22. The van der Waals surface area contributed by atoms with Gasteiger partial charge in [0.05, 0.1) is 24.0 Å². The molecular weight excluding hydrogens is 228 g/mol. The van der Waals surface area contributed by atoms with Gasteiger partial charge < -0.3 is 10.2 Å². The molecule has 1 N–H and O–H groups in total. The zero-order valence-electron chi connectivity index (χ0n) is 11.4. The molecule has 1 fully saturated rings. The molecule has 1 amide bonds. The van der Waals surface area contributed by atoms with Gasteiger partial charge in [0.25, 0.3) is 0 Å². The molecule has 5 heteroatoms. The van der Waals surface area contributed by atoms with Crippen LogP contribution in [0.4, 0.5) is 0 Å². The van der Waals surface area contributed by atoms with Gasteiger partial charge in [-0.3, -0.25) is 9.48 Å². The van der Waals surface area contributed by atoms with Gasteiger partial charge in [0.1, 0.15) is 0 Å². The van der Waals surface area contributed by atoms with Crippen LogP contribution < -0.4 is 5.32 Å². The van der Waals surface area contributed by atoms with Crippen molar-refractivity contribution in [2.75, 3.05) is 13.1 Å². The number of hydrogen-bond donors (Lipinski definition) is 1. The summed E-state index contributed by atoms with van der Waals surface area (Å²) in [5, 5.41) is 7.66. The van der Waals surface area contributed by atoms with Crippen molar-refractivity contribution in [3.63, 3.8) is 0 Å². The van der Waals surface area contributed by atoms with Gasteiger partial charge >= 0.3 is 0 Å². The van der Waals surface area contributed by atoms with Crippen LogP contribution >= 0.6 is 0 Å². The molecule has 1 aliphatic rings. The van der Waals surface area contributed by atoms with Gasteiger partial charge in [-0.1, -0.05) is 0 Å². The summed E-state index contributed by atoms with van der Waals surface area (Å²) in [5.74, 6) is 0.189. The molecule has 1 aliphatic heterocycles. The summed E-state index contributed by atoms with van der Waals surface area (Å²) in [6, 6.07) is 1.99. The number of aromatic nitrogens is 2. The van der Waals surface area contributed by atoms with Gasteiger partial charge in [0.15, 0.2) is 0 Å². The van der Waals surface area contributed by atoms with E-state index >= 15 is 0 Å². The number of aryl methyl sites for hydroxylation is 2. The second kappa shape index (κ2) is 5.52. The van der Waals surface area contributed by atoms with E-state index < -0.39 is 0 Å². The Morgan fingerprint density at radius 3 is 3.06 bits per heavy atom. The quantitative estimate of drug-likeness (QED) is 0.868. The first-order chi connectivity index (χ1) is 8.61. The number of nitrogens with zero attached hydrogens (tertiary/aromatic N) is 3. The Morgan fingerprint density at radius 1 is 1.56 bits per heavy atom. The second-order valence-electron chi connectivity index (χ2n) is 4.88. The molecule has 1 unspecified atom stereocenters. The van der Waals surface area contributed by atoms with Crippen LogP contribution in [0.1, 0.15) is 31.7 Å². The molecule has 0 saturated carbocycles. The fraction of sp³-hybridized carbons (Fsp3) is 0.692. The predicted octanol–water partition coefficient (Wildman–Crippen LogP) is 0.922. The van der Waals surface area contributed by atoms with Crippen molar-refractivity contribution in [3.8, 4) is 0 Å². The van der Waals surface area contributed by atoms with Crippen molar-refractivity contribution in [1.29, 1.82) is 0 Å². The topological polar surface area (TPSA) is 50.2 Å². The number of rotatable bonds is 3. The third-order valence-corrected chi connectivity index (χ3v) is 3.38. The Kier molecular flexibility index (Phi) is 4.01. The monoisotopic (exact) mass is 250 g/mol. The summed E-state index contributed by atoms with van der Waals surface area (Å²) >= 11 is 0. The molecule has 2 rings (SSSR count). The predicted molar refractivity (Wildman–Crippen MR) is 70.1 cm³/mol. The lowest BCUT2D eigenvalue weighted by molar-refractivity contribution is -0.132. The molecule has 1 aromatic heterocycles. The van der Waals surface area contributed by atoms with Gasteiger partial charge in [-0.15, -0.1) is 0 Å². The van der Waals surface area contributed by atoms with E-state index in [1.165, 1.54) is 0 Å². The van der Waals surface area contributed by atoms with Gasteiger partial charge in [-0.25, -0.2) is 0 Å². The highest BCUT2D eigenvalue weighted by Crippen LogP contribution is 2.11. The average Bonchev–Trinajstić information content (AvgIpc) is 2.63. The Bertz CT molecular complexity index is 427. The van der Waals surface area contributed by atoms with Crippen molar-refractivity contribution in [2.24, 2.45) is 0 Å². The third kappa shape index (κ3) is 2.72. The molecule has 5 nitrogen and oxygen atoms in total. The highest BCUT2D eigenvalue weighted by Gasteiger charge is 2.23. The fourth-order valence-electron chi connectivity index (χ4n) is 2.41. The third-order valence-electron chi connectivity index (χ3n) is 3.38. The molecule has 0 radical (unpaired) electrons. The summed E-state index contributed by atoms with van der Waals surface area (Å²) in [6.45, 7) is 9.25. The van der Waals surface area contributed by atoms with E-state index in [-0.39, 0.29) is 11.9 Å². The normalized spacial score (nSPS) is 21.2. The molecule has 0 bridgehead atoms. The summed E-state index contributed by atoms with van der Waals surface area (Å²) in [6.07, 6.45) is 1.01. The maximum absolute atomic E-state index is 12.2. The maximum Gasteiger partial charge on any atom is 0.239 e. The first-order valence-electron chi connectivity index (χ1n) is 6.67. The number of hydrogen-bond acceptors (Lipinski definition) is 3. The molecule has 1 aromatic rings. The van der Waals surface area contributed by atoms with Crippen LogP contribution in [0.2, 0.25) is 0 Å². The molecule has 1 atom stereocenters. The number of nitrogens with one attached hydrogen (secondary N) is 1. The molecule has 0 aliphatic carbocycles. The molecule has 0 aromatic carbocycles. The summed E-state index contributed by atoms with van der Waals surface area (Å²) < 4.78 is 1.98. The lowest BCUT2D eigenvalue weighted by Crippen LogP contribution is -2.41. The van der Waals surface area contributed by atoms with Gasteiger partial charge in [-0.2, -0.15) is 5.10 Å². The van der Waals surface area contributed by atoms with Gasteiger partial charge in [-0.05, 0) is 39.8 Å². The summed E-state index contributed by atoms with van der Waals surface area (Å²) in [4.78, 5) is 14.1. The Labute approximate surface area is 108 Å². The minimum absolute atomic E-state index is 0.0772. The molecule has 1 saturated heterocycles. The van der Waals surface area contributed by atoms with Crippen molar-refractivity contribution in [2.45, 2.75) is 46.3 Å². The number of amides is 1. The summed E-state index contributed by atoms with van der Waals surface area (Å²) in [7, 11) is 0. The Morgan fingerprint density at radius 2 is 2.33 bits per heavy atom. The summed E-state index contributed by atoms with van der Waals surface area (Å²) in [5.41, 5.74) is 2.14. The maximum atomic E-state index is 12.2. The van der Waals surface area contributed by atoms with E-state index in [4.69, 9.17) is 0 Å². The van der Waals surface area contributed by atoms with E-state index in [0.717, 1.165) is 37.4 Å². The van der Waals surface area contributed by atoms with Crippen molar-refractivity contribution in [3.05, 3.63) is 17.5 Å². The Balaban J connectivity index is 2.13. The van der Waals surface area contributed by atoms with E-state index in [9.17, 15) is 4.79 Å². The molecule has 2 heterocycles. The zero-order chi connectivity index (χ0) is 13.1. The van der Waals surface area contributed by atoms with E-state index in [1.807, 2.05) is 23.4 Å². The fourth-order valence-corrected chi connectivity index (χ4v) is 2.41. The minimum atomic E-state index is -0.0772. The first kappa shape index (κ1) is 13.1. The van der Waals surface area contributed by atoms with Crippen molar-refractivity contribution >= 4 is 5.91 Å². The second-order valence-corrected chi connectivity index (χ2v) is 4.88. The minimum Gasteiger partial charge on any atom is -0.335 e. The number of carbonyl (C=O) groups excluding carboxylic acids is 1. The van der Waals surface area contributed by atoms with Crippen molar-refractivity contribution in [1.82, 2.24) is 20.0 Å². The largest absolute Gasteiger partial charge is 0.335 e. The van der Waals surface area contributed by atoms with E-state index in [0.29, 0.717) is 6.54 Å². The van der Waals surface area contributed by atoms with Crippen LogP contribution in [0.15, 0.2) is 6.07 Å². The van der Waals surface area contributed by atoms with Crippen LogP contribution in [-0.4, -0.2) is 39.7 Å². The molecule has 0 spiro atoms. The molecular formula is C13H22N4O. The molecule has 100 valence electrons. The standard InChI is InChI=1S/C13H22N4O/c1-4-17-12(8-10(2)15-17)9-16-7-5-6-14-11(3)13(16)18/h8,11,14H,4-7,9H2,1-3H3. The van der Waals surface area contributed by atoms with Gasteiger partial charge in [0.2, 0.25) is 5.91 Å². The highest BCUT2D eigenvalue weighted by molar-refractivity contribution is 5.81. The average molecular weight is 250 g/mol. The van der Waals surface area contributed by atoms with Crippen LogP contribution in [0.25, 0.3) is 0 Å². The van der Waals surface area contributed by atoms with Crippen LogP contribution in [0, 0.1) is 6.92 Å². The van der Waals surface area contributed by atoms with E-state index in [2.05, 4.69) is 23.4 Å². The van der Waals surface area contributed by atoms with Crippen LogP contribution in [-0.2, 0) is 17.9 Å². The first-order valence-corrected chi connectivity index (χ1v) is 6.67. The van der Waals surface area contributed by atoms with Crippen LogP contribution in [0.5, 0.6) is 0 Å². The highest BCUT2D eigenvalue weighted by atomic mass is 16.2. The smallest absolute Gasteiger partial charge is 0.239 e. The molecule has 18 heavy (non-hydrogen) atoms. The SMILES string of the molecule is CCn1nc(C)cc1CN1CCCNC(C)C1=O. The Hall–Kier alpha value is -1.36. The zero-order valence-corrected chi connectivity index (χ0v) is 11.4. The van der Waals surface area contributed by atoms with E-state index in [1.54, 1.807) is 0 Å². The van der Waals surface area contributed by atoms with Gasteiger partial charge in [0, 0.05) is 13.1 Å². The lowest BCUT2D eigenvalue weighted by atomic mass is 10.2. The van der Waals surface area contributed by atoms with Crippen molar-refractivity contribution < 1.29 is 4.79 Å². The number of carbonyl (C=O) groups is 1.